The van der Waals surface area contributed by atoms with Gasteiger partial charge in [-0.2, -0.15) is 0 Å². The van der Waals surface area contributed by atoms with Crippen molar-refractivity contribution in [3.05, 3.63) is 44.4 Å². The van der Waals surface area contributed by atoms with E-state index in [1.165, 1.54) is 16.8 Å². The molecule has 198 valence electrons. The lowest BCUT2D eigenvalue weighted by Gasteiger charge is -2.39. The SMILES string of the molecule is Cc1cc(Nc2ncnc3sc4c(c23)CC[C@H](C(=O)N2CC(N)C2)C4)c(=O)n2c1C(=O)CC21CCCCC1. The average Bonchev–Trinajstić information content (AvgIpc) is 3.40. The Hall–Kier alpha value is -3.11. The minimum absolute atomic E-state index is 0.0272. The summed E-state index contributed by atoms with van der Waals surface area (Å²) in [5.74, 6) is 0.867. The van der Waals surface area contributed by atoms with E-state index in [1.807, 2.05) is 16.4 Å². The van der Waals surface area contributed by atoms with Gasteiger partial charge in [-0.3, -0.25) is 19.0 Å². The Bertz CT molecular complexity index is 1550. The van der Waals surface area contributed by atoms with Crippen LogP contribution in [0.4, 0.5) is 11.5 Å². The van der Waals surface area contributed by atoms with E-state index in [-0.39, 0.29) is 29.2 Å². The van der Waals surface area contributed by atoms with Crippen LogP contribution in [0, 0.1) is 12.8 Å². The van der Waals surface area contributed by atoms with E-state index in [0.29, 0.717) is 43.1 Å². The topological polar surface area (TPSA) is 123 Å². The van der Waals surface area contributed by atoms with Crippen LogP contribution in [0.1, 0.15) is 71.4 Å². The molecule has 1 saturated heterocycles. The third-order valence-electron chi connectivity index (χ3n) is 9.07. The number of nitrogens with one attached hydrogen (secondary N) is 1. The number of aryl methyl sites for hydroxylation is 2. The summed E-state index contributed by atoms with van der Waals surface area (Å²) in [4.78, 5) is 52.8. The first-order valence-electron chi connectivity index (χ1n) is 13.7. The Balaban J connectivity index is 1.24. The van der Waals surface area contributed by atoms with Gasteiger partial charge in [0.15, 0.2) is 5.78 Å². The highest BCUT2D eigenvalue weighted by Crippen LogP contribution is 2.44. The molecule has 38 heavy (non-hydrogen) atoms. The molecule has 0 unspecified atom stereocenters. The molecular formula is C28H32N6O3S. The molecule has 2 aliphatic heterocycles. The maximum atomic E-state index is 13.9. The largest absolute Gasteiger partial charge is 0.339 e. The van der Waals surface area contributed by atoms with Crippen molar-refractivity contribution < 1.29 is 9.59 Å². The summed E-state index contributed by atoms with van der Waals surface area (Å²) < 4.78 is 1.81. The number of hydrogen-bond acceptors (Lipinski definition) is 8. The van der Waals surface area contributed by atoms with Crippen LogP contribution >= 0.6 is 11.3 Å². The van der Waals surface area contributed by atoms with Gasteiger partial charge in [-0.05, 0) is 56.2 Å². The molecule has 0 radical (unpaired) electrons. The molecule has 1 spiro atoms. The first-order chi connectivity index (χ1) is 18.3. The smallest absolute Gasteiger partial charge is 0.275 e. The Morgan fingerprint density at radius 3 is 2.74 bits per heavy atom. The third-order valence-corrected chi connectivity index (χ3v) is 10.2. The third kappa shape index (κ3) is 3.56. The number of hydrogen-bond donors (Lipinski definition) is 2. The second kappa shape index (κ2) is 8.71. The van der Waals surface area contributed by atoms with Gasteiger partial charge >= 0.3 is 0 Å². The fraction of sp³-hybridized carbons (Fsp3) is 0.536. The zero-order chi connectivity index (χ0) is 26.2. The molecule has 3 N–H and O–H groups in total. The Labute approximate surface area is 224 Å². The number of nitrogens with two attached hydrogens (primary N) is 1. The van der Waals surface area contributed by atoms with Gasteiger partial charge in [0.2, 0.25) is 5.91 Å². The highest BCUT2D eigenvalue weighted by molar-refractivity contribution is 7.19. The molecule has 2 fully saturated rings. The molecule has 3 aromatic heterocycles. The number of nitrogens with zero attached hydrogens (tertiary/aromatic N) is 4. The van der Waals surface area contributed by atoms with Gasteiger partial charge < -0.3 is 16.0 Å². The minimum atomic E-state index is -0.394. The van der Waals surface area contributed by atoms with Crippen LogP contribution in [0.5, 0.6) is 0 Å². The number of carbonyl (C=O) groups excluding carboxylic acids is 2. The molecule has 2 aliphatic carbocycles. The lowest BCUT2D eigenvalue weighted by Crippen LogP contribution is -2.59. The number of carbonyl (C=O) groups is 2. The Kier molecular flexibility index (Phi) is 5.49. The van der Waals surface area contributed by atoms with Gasteiger partial charge in [0.1, 0.15) is 22.7 Å². The lowest BCUT2D eigenvalue weighted by atomic mass is 9.80. The van der Waals surface area contributed by atoms with Crippen LogP contribution in [0.15, 0.2) is 17.2 Å². The summed E-state index contributed by atoms with van der Waals surface area (Å²) in [7, 11) is 0. The van der Waals surface area contributed by atoms with Crippen LogP contribution in [0.3, 0.4) is 0 Å². The van der Waals surface area contributed by atoms with E-state index < -0.39 is 5.54 Å². The first-order valence-corrected chi connectivity index (χ1v) is 14.5. The molecule has 0 aromatic carbocycles. The van der Waals surface area contributed by atoms with Gasteiger partial charge in [0.05, 0.1) is 16.6 Å². The van der Waals surface area contributed by atoms with Crippen molar-refractivity contribution in [2.45, 2.75) is 76.3 Å². The van der Waals surface area contributed by atoms with Crippen molar-refractivity contribution in [2.24, 2.45) is 11.7 Å². The summed E-state index contributed by atoms with van der Waals surface area (Å²) in [5.41, 5.74) is 8.36. The predicted molar refractivity (Wildman–Crippen MR) is 146 cm³/mol. The number of amides is 1. The van der Waals surface area contributed by atoms with E-state index in [4.69, 9.17) is 5.73 Å². The maximum Gasteiger partial charge on any atom is 0.275 e. The van der Waals surface area contributed by atoms with Crippen molar-refractivity contribution in [1.82, 2.24) is 19.4 Å². The van der Waals surface area contributed by atoms with E-state index >= 15 is 0 Å². The van der Waals surface area contributed by atoms with Gasteiger partial charge in [-0.15, -0.1) is 11.3 Å². The normalized spacial score (nSPS) is 22.4. The fourth-order valence-corrected chi connectivity index (χ4v) is 8.46. The summed E-state index contributed by atoms with van der Waals surface area (Å²) in [6, 6.07) is 1.90. The monoisotopic (exact) mass is 532 g/mol. The number of rotatable bonds is 3. The number of ketones is 1. The second-order valence-electron chi connectivity index (χ2n) is 11.6. The van der Waals surface area contributed by atoms with Crippen LogP contribution in [0.25, 0.3) is 10.2 Å². The molecule has 3 aromatic rings. The van der Waals surface area contributed by atoms with E-state index in [2.05, 4.69) is 15.3 Å². The van der Waals surface area contributed by atoms with Crippen LogP contribution in [-0.4, -0.2) is 50.3 Å². The van der Waals surface area contributed by atoms with E-state index in [1.54, 1.807) is 17.4 Å². The molecule has 4 aliphatic rings. The van der Waals surface area contributed by atoms with Crippen molar-refractivity contribution in [1.29, 1.82) is 0 Å². The van der Waals surface area contributed by atoms with Gasteiger partial charge in [-0.25, -0.2) is 9.97 Å². The van der Waals surface area contributed by atoms with E-state index in [0.717, 1.165) is 60.7 Å². The molecule has 7 rings (SSSR count). The summed E-state index contributed by atoms with van der Waals surface area (Å²) >= 11 is 1.61. The highest BCUT2D eigenvalue weighted by Gasteiger charge is 2.45. The Morgan fingerprint density at radius 1 is 1.18 bits per heavy atom. The first kappa shape index (κ1) is 24.0. The summed E-state index contributed by atoms with van der Waals surface area (Å²) in [6.07, 6.45) is 9.17. The average molecular weight is 533 g/mol. The van der Waals surface area contributed by atoms with Gasteiger partial charge in [0.25, 0.3) is 5.56 Å². The number of Topliss-reactive ketones (excluding diaryl/α,β-unsaturated/α-hetero) is 1. The summed E-state index contributed by atoms with van der Waals surface area (Å²) in [5, 5.41) is 4.30. The molecule has 10 heteroatoms. The summed E-state index contributed by atoms with van der Waals surface area (Å²) in [6.45, 7) is 3.22. The molecule has 9 nitrogen and oxygen atoms in total. The molecule has 1 atom stereocenters. The fourth-order valence-electron chi connectivity index (χ4n) is 7.20. The number of likely N-dealkylation sites (tertiary alicyclic amines) is 1. The van der Waals surface area contributed by atoms with Crippen molar-refractivity contribution >= 4 is 44.7 Å². The predicted octanol–water partition coefficient (Wildman–Crippen LogP) is 3.43. The van der Waals surface area contributed by atoms with Crippen LogP contribution in [-0.2, 0) is 23.2 Å². The highest BCUT2D eigenvalue weighted by atomic mass is 32.1. The lowest BCUT2D eigenvalue weighted by molar-refractivity contribution is -0.140. The van der Waals surface area contributed by atoms with Gasteiger partial charge in [0, 0.05) is 36.3 Å². The maximum absolute atomic E-state index is 13.9. The number of pyridine rings is 1. The second-order valence-corrected chi connectivity index (χ2v) is 12.7. The van der Waals surface area contributed by atoms with Gasteiger partial charge in [-0.1, -0.05) is 19.3 Å². The Morgan fingerprint density at radius 2 is 1.97 bits per heavy atom. The van der Waals surface area contributed by atoms with Crippen LogP contribution < -0.4 is 16.6 Å². The minimum Gasteiger partial charge on any atom is -0.339 e. The molecule has 1 saturated carbocycles. The molecule has 5 heterocycles. The molecule has 0 bridgehead atoms. The van der Waals surface area contributed by atoms with Crippen molar-refractivity contribution in [3.8, 4) is 0 Å². The zero-order valence-corrected chi connectivity index (χ0v) is 22.4. The van der Waals surface area contributed by atoms with Crippen molar-refractivity contribution in [3.63, 3.8) is 0 Å². The standard InChI is InChI=1S/C28H32N6O3S/c1-15-9-19(27(37)34-23(15)20(35)11-28(34)7-3-2-4-8-28)32-24-22-18-6-5-16(26(36)33-12-17(29)13-33)10-21(18)38-25(22)31-14-30-24/h9,14,16-17H,2-8,10-13,29H2,1H3,(H,30,31,32)/t16-/m0/s1. The molecule has 1 amide bonds. The van der Waals surface area contributed by atoms with E-state index in [9.17, 15) is 14.4 Å². The number of thiophene rings is 1. The number of anilines is 2. The van der Waals surface area contributed by atoms with Crippen molar-refractivity contribution in [2.75, 3.05) is 18.4 Å². The number of fused-ring (bicyclic) bond motifs is 5. The zero-order valence-electron chi connectivity index (χ0n) is 21.6. The number of aromatic nitrogens is 3. The molecular weight excluding hydrogens is 500 g/mol. The quantitative estimate of drug-likeness (QED) is 0.530. The van der Waals surface area contributed by atoms with Crippen LogP contribution in [0.2, 0.25) is 0 Å².